The standard InChI is InChI=1S/C25H36F2O6S2.C24H36O3S.C22H33OS.C18H12F3S.C18H15S.C13H18F2O5S/c26-25(27,34(28,29)30)35(31,32)33-24-22(19-12-6-2-7-13-19)16-21(18-10-4-1-5-11-18)17-23(24)20-14-8-3-9-15-20;25-28(26,27)24-22(19-12-6-2-7-13-19)16-21(18-10-4-1-5-11-18)17-23(24)20-14-8-3-9-15-20;1-22(2,3)21(24-15-7-8-16-24)20(23)19-13-11-18(12-14-19)17-9-5-4-6-10-17;19-13-1-7-16(8-2-13)22(17-9-3-14(20)4-10-17)18-11-5-15(21)6-12-18;1-4-10-16(11-5-1)19(17-12-6-2-7-13-17)18-14-8-3-9-15-18;14-13(15,21(17,18)19)11(16)20-7-12-4-8-1-9(5-12)3-10(2-8)6-12/h16-20H,1-15H2,(H,28,29,30);16-20H,1-15H2,(H,25,26,27);11-14,17,21H,4-10,15-16H2,1-3H3;1-12H;1-15H;8-10H,1-7H2,(H,17,18,19)/q;;3*+1;/p-3. The zero-order valence-electron chi connectivity index (χ0n) is 86.2. The molecule has 4 bridgehead atoms. The zero-order valence-corrected chi connectivity index (χ0v) is 91.9. The van der Waals surface area contributed by atoms with Gasteiger partial charge in [-0.1, -0.05) is 259 Å². The van der Waals surface area contributed by atoms with Gasteiger partial charge in [-0.2, -0.15) is 26.0 Å². The minimum atomic E-state index is -6.48. The molecule has 29 heteroatoms. The smallest absolute Gasteiger partial charge is 0.470 e. The molecule has 12 aliphatic rings. The summed E-state index contributed by atoms with van der Waals surface area (Å²) in [7, 11) is -23.3. The fourth-order valence-corrected chi connectivity index (χ4v) is 36.1. The number of ether oxygens (including phenoxy) is 1. The van der Waals surface area contributed by atoms with Crippen LogP contribution in [-0.2, 0) is 82.7 Å². The third-order valence-corrected chi connectivity index (χ3v) is 44.9. The Hall–Kier alpha value is -7.84. The number of carbonyl (C=O) groups is 2. The summed E-state index contributed by atoms with van der Waals surface area (Å²) in [6.45, 7) is 6.53. The summed E-state index contributed by atoms with van der Waals surface area (Å²) in [5, 5.41) is -4.81. The van der Waals surface area contributed by atoms with E-state index in [9.17, 15) is 87.7 Å². The molecular formula is C120H147F7O15S7. The second kappa shape index (κ2) is 52.1. The van der Waals surface area contributed by atoms with Crippen molar-refractivity contribution in [2.75, 3.05) is 18.1 Å². The molecule has 1 aliphatic heterocycles. The van der Waals surface area contributed by atoms with Gasteiger partial charge in [0.1, 0.15) is 44.8 Å². The number of esters is 1. The van der Waals surface area contributed by atoms with Gasteiger partial charge in [-0.05, 0) is 359 Å². The largest absolute Gasteiger partial charge is 0.744 e. The van der Waals surface area contributed by atoms with Gasteiger partial charge in [-0.15, -0.1) is 0 Å². The summed E-state index contributed by atoms with van der Waals surface area (Å²) < 4.78 is 226. The van der Waals surface area contributed by atoms with E-state index in [-0.39, 0.29) is 96.2 Å². The fraction of sp³-hybridized carbons (Fsp3) is 0.533. The van der Waals surface area contributed by atoms with Crippen molar-refractivity contribution in [1.82, 2.24) is 0 Å². The second-order valence-electron chi connectivity index (χ2n) is 44.6. The van der Waals surface area contributed by atoms with Crippen LogP contribution in [0.5, 0.6) is 5.75 Å². The Morgan fingerprint density at radius 1 is 0.369 bits per heavy atom. The first-order chi connectivity index (χ1) is 71.2. The van der Waals surface area contributed by atoms with Gasteiger partial charge < -0.3 is 22.6 Å². The van der Waals surface area contributed by atoms with Crippen LogP contribution in [0.2, 0.25) is 0 Å². The van der Waals surface area contributed by atoms with Gasteiger partial charge in [0, 0.05) is 16.4 Å². The Morgan fingerprint density at radius 2 is 0.658 bits per heavy atom. The van der Waals surface area contributed by atoms with Crippen molar-refractivity contribution < 1.29 is 96.6 Å². The molecule has 9 aromatic carbocycles. The maximum Gasteiger partial charge on any atom is 0.470 e. The fourth-order valence-electron chi connectivity index (χ4n) is 25.8. The number of rotatable bonds is 25. The van der Waals surface area contributed by atoms with Gasteiger partial charge in [0.15, 0.2) is 54.9 Å². The number of hydrogen-bond donors (Lipinski definition) is 0. The van der Waals surface area contributed by atoms with Crippen LogP contribution in [0.4, 0.5) is 30.7 Å². The van der Waals surface area contributed by atoms with Gasteiger partial charge in [0.05, 0.1) is 33.3 Å². The van der Waals surface area contributed by atoms with E-state index in [1.807, 2.05) is 12.1 Å². The van der Waals surface area contributed by atoms with Crippen molar-refractivity contribution in [2.24, 2.45) is 28.6 Å². The highest BCUT2D eigenvalue weighted by atomic mass is 32.3. The van der Waals surface area contributed by atoms with Crippen LogP contribution in [0.3, 0.4) is 0 Å². The maximum absolute atomic E-state index is 14.3. The van der Waals surface area contributed by atoms with E-state index >= 15 is 0 Å². The second-order valence-corrected chi connectivity index (χ2v) is 57.0. The summed E-state index contributed by atoms with van der Waals surface area (Å²) in [6, 6.07) is 67.6. The van der Waals surface area contributed by atoms with Crippen molar-refractivity contribution in [3.63, 3.8) is 0 Å². The number of hydrogen-bond acceptors (Lipinski definition) is 15. The predicted molar refractivity (Wildman–Crippen MR) is 575 cm³/mol. The lowest BCUT2D eigenvalue weighted by molar-refractivity contribution is -0.172. The molecule has 0 radical (unpaired) electrons. The van der Waals surface area contributed by atoms with Gasteiger partial charge in [-0.3, -0.25) is 4.79 Å². The van der Waals surface area contributed by atoms with Crippen molar-refractivity contribution in [3.8, 4) is 5.75 Å². The molecular weight excluding hydrogens is 2040 g/mol. The van der Waals surface area contributed by atoms with Crippen LogP contribution in [0, 0.1) is 46.0 Å². The van der Waals surface area contributed by atoms with Crippen molar-refractivity contribution in [1.29, 1.82) is 0 Å². The maximum atomic E-state index is 14.3. The highest BCUT2D eigenvalue weighted by Gasteiger charge is 2.57. The van der Waals surface area contributed by atoms with Crippen molar-refractivity contribution in [2.45, 2.75) is 388 Å². The molecule has 1 atom stereocenters. The van der Waals surface area contributed by atoms with Gasteiger partial charge in [0.2, 0.25) is 5.78 Å². The van der Waals surface area contributed by atoms with Crippen LogP contribution in [-0.4, -0.2) is 92.3 Å². The molecule has 0 aromatic heterocycles. The van der Waals surface area contributed by atoms with Crippen molar-refractivity contribution >= 4 is 84.9 Å². The Bertz CT molecular complexity index is 6000. The molecule has 9 aromatic rings. The van der Waals surface area contributed by atoms with Gasteiger partial charge in [0.25, 0.3) is 0 Å². The zero-order chi connectivity index (χ0) is 106. The summed E-state index contributed by atoms with van der Waals surface area (Å²) in [4.78, 5) is 31.5. The first-order valence-electron chi connectivity index (χ1n) is 54.5. The molecule has 15 nitrogen and oxygen atoms in total. The molecule has 12 fully saturated rings. The lowest BCUT2D eigenvalue weighted by Gasteiger charge is -2.56. The lowest BCUT2D eigenvalue weighted by Crippen LogP contribution is -2.49. The number of Topliss-reactive ketones (excluding diaryl/α,β-unsaturated/α-hetero) is 1. The molecule has 0 spiro atoms. The SMILES string of the molecule is CC(C)(C)C(C(=O)c1ccc(C2CCCCC2)cc1)[S+]1CCCC1.Fc1ccc([S+](c2ccc(F)cc2)c2ccc(F)cc2)cc1.O=C(OCC12CC3CC(CC(C3)C1)C2)C(F)(F)S(=O)(=O)[O-].O=S(=O)([O-])C(F)(F)S(=O)(=O)Oc1c(C2CCCCC2)cc(C2CCCCC2)cc1C1CCCCC1.O=S(=O)([O-])c1c(C2CCCCC2)cc(C2CCCCC2)cc1C1CCCCC1.c1ccc([S+](c2ccccc2)c2ccccc2)cc1. The topological polar surface area (TPSA) is 258 Å². The molecule has 11 aliphatic carbocycles. The van der Waals surface area contributed by atoms with E-state index in [4.69, 9.17) is 4.18 Å². The third-order valence-electron chi connectivity index (χ3n) is 32.7. The average Bonchev–Trinajstić information content (AvgIpc) is 1.15. The van der Waals surface area contributed by atoms with Crippen LogP contribution < -0.4 is 4.18 Å². The average molecular weight is 2190 g/mol. The van der Waals surface area contributed by atoms with E-state index in [1.54, 1.807) is 36.4 Å². The Morgan fingerprint density at radius 3 is 0.953 bits per heavy atom. The molecule has 0 N–H and O–H groups in total. The molecule has 1 unspecified atom stereocenters. The van der Waals surface area contributed by atoms with Crippen LogP contribution in [0.25, 0.3) is 0 Å². The number of halogens is 7. The van der Waals surface area contributed by atoms with Gasteiger partial charge in [-0.25, -0.2) is 43.2 Å². The van der Waals surface area contributed by atoms with E-state index in [2.05, 4.69) is 153 Å². The lowest BCUT2D eigenvalue weighted by atomic mass is 9.50. The highest BCUT2D eigenvalue weighted by molar-refractivity contribution is 8.05. The highest BCUT2D eigenvalue weighted by Crippen LogP contribution is 2.61. The van der Waals surface area contributed by atoms with E-state index in [0.29, 0.717) is 46.5 Å². The number of carbonyl (C=O) groups excluding carboxylic acids is 2. The van der Waals surface area contributed by atoms with E-state index in [0.717, 1.165) is 223 Å². The molecule has 11 saturated carbocycles. The number of alkyl halides is 4. The monoisotopic (exact) mass is 2180 g/mol. The molecule has 149 heavy (non-hydrogen) atoms. The summed E-state index contributed by atoms with van der Waals surface area (Å²) >= 11 is 0. The van der Waals surface area contributed by atoms with E-state index < -0.39 is 67.2 Å². The molecule has 808 valence electrons. The molecule has 1 heterocycles. The predicted octanol–water partition coefficient (Wildman–Crippen LogP) is 31.0. The summed E-state index contributed by atoms with van der Waals surface area (Å²) in [6.07, 6.45) is 47.2. The Kier molecular flexibility index (Phi) is 40.3. The first kappa shape index (κ1) is 115. The molecule has 0 amide bonds. The van der Waals surface area contributed by atoms with E-state index in [1.165, 1.54) is 170 Å². The van der Waals surface area contributed by atoms with Crippen molar-refractivity contribution in [3.05, 3.63) is 274 Å². The normalized spacial score (nSPS) is 21.6. The molecule has 1 saturated heterocycles. The number of benzene rings is 9. The van der Waals surface area contributed by atoms with Gasteiger partial charge >= 0.3 is 25.9 Å². The third kappa shape index (κ3) is 30.1. The first-order valence-corrected chi connectivity index (χ1v) is 64.2. The Balaban J connectivity index is 0.000000135. The van der Waals surface area contributed by atoms with Crippen LogP contribution in [0.1, 0.15) is 388 Å². The summed E-state index contributed by atoms with van der Waals surface area (Å²) in [5.74, 6) is 3.19. The minimum Gasteiger partial charge on any atom is -0.744 e. The quantitative estimate of drug-likeness (QED) is 0.0129. The minimum absolute atomic E-state index is 0.0146. The number of ketones is 1. The van der Waals surface area contributed by atoms with Crippen LogP contribution in [0.15, 0.2) is 247 Å². The van der Waals surface area contributed by atoms with Crippen LogP contribution >= 0.6 is 0 Å². The molecule has 21 rings (SSSR count). The summed E-state index contributed by atoms with van der Waals surface area (Å²) in [5.41, 5.74) is 7.51. The Labute approximate surface area is 889 Å².